The molecule has 0 radical (unpaired) electrons. The summed E-state index contributed by atoms with van der Waals surface area (Å²) >= 11 is 1.35. The number of likely N-dealkylation sites (N-methyl/N-ethyl adjacent to an activating group) is 1. The Labute approximate surface area is 211 Å². The number of carbonyl (C=O) groups excluding carboxylic acids is 5. The van der Waals surface area contributed by atoms with Crippen molar-refractivity contribution in [3.05, 3.63) is 35.4 Å². The minimum absolute atomic E-state index is 0.0793. The number of primary amides is 1. The van der Waals surface area contributed by atoms with Crippen molar-refractivity contribution >= 4 is 47.4 Å². The summed E-state index contributed by atoms with van der Waals surface area (Å²) in [5.41, 5.74) is 4.02. The zero-order chi connectivity index (χ0) is 26.6. The first-order valence-electron chi connectivity index (χ1n) is 11.4. The maximum absolute atomic E-state index is 13.0. The lowest BCUT2D eigenvalue weighted by Crippen LogP contribution is -2.65. The van der Waals surface area contributed by atoms with Crippen LogP contribution in [0.1, 0.15) is 44.4 Å². The molecule has 36 heavy (non-hydrogen) atoms. The molecule has 4 rings (SSSR count). The van der Waals surface area contributed by atoms with E-state index in [4.69, 9.17) is 5.73 Å². The molecule has 3 atom stereocenters. The molecule has 0 aliphatic carbocycles. The van der Waals surface area contributed by atoms with Crippen molar-refractivity contribution in [3.63, 3.8) is 0 Å². The predicted octanol–water partition coefficient (Wildman–Crippen LogP) is -0.0230. The van der Waals surface area contributed by atoms with Crippen LogP contribution in [-0.4, -0.2) is 85.2 Å². The Balaban J connectivity index is 1.75. The van der Waals surface area contributed by atoms with Gasteiger partial charge in [0.2, 0.25) is 11.8 Å². The van der Waals surface area contributed by atoms with Gasteiger partial charge in [-0.05, 0) is 31.9 Å². The van der Waals surface area contributed by atoms with Gasteiger partial charge in [0.05, 0.1) is 16.5 Å². The van der Waals surface area contributed by atoms with Crippen LogP contribution >= 0.6 is 11.8 Å². The van der Waals surface area contributed by atoms with Crippen molar-refractivity contribution < 1.29 is 33.9 Å². The molecular formula is C23H27N5O7S. The maximum Gasteiger partial charge on any atom is 0.335 e. The number of carboxylic acid groups (broad SMARTS) is 1. The van der Waals surface area contributed by atoms with Gasteiger partial charge in [0.25, 0.3) is 0 Å². The molecule has 3 aliphatic heterocycles. The number of nitrogens with zero attached hydrogens (tertiary/aromatic N) is 3. The molecule has 3 aliphatic rings. The van der Waals surface area contributed by atoms with E-state index in [-0.39, 0.29) is 41.9 Å². The lowest BCUT2D eigenvalue weighted by molar-refractivity contribution is -0.169. The molecule has 1 aromatic carbocycles. The van der Waals surface area contributed by atoms with E-state index in [9.17, 15) is 33.9 Å². The topological polar surface area (TPSA) is 170 Å². The molecule has 6 amide bonds. The fourth-order valence-electron chi connectivity index (χ4n) is 5.28. The summed E-state index contributed by atoms with van der Waals surface area (Å²) in [6, 6.07) is 3.54. The number of carbonyl (C=O) groups is 6. The summed E-state index contributed by atoms with van der Waals surface area (Å²) in [5, 5.41) is 12.6. The van der Waals surface area contributed by atoms with Gasteiger partial charge < -0.3 is 26.0 Å². The molecule has 3 saturated heterocycles. The van der Waals surface area contributed by atoms with E-state index in [1.165, 1.54) is 33.7 Å². The minimum Gasteiger partial charge on any atom is -0.479 e. The number of hydrogen-bond acceptors (Lipinski definition) is 7. The lowest BCUT2D eigenvalue weighted by Gasteiger charge is -2.47. The first-order valence-corrected chi connectivity index (χ1v) is 12.3. The van der Waals surface area contributed by atoms with Gasteiger partial charge in [-0.3, -0.25) is 24.1 Å². The number of hydrogen-bond donors (Lipinski definition) is 3. The number of rotatable bonds is 6. The van der Waals surface area contributed by atoms with Crippen LogP contribution in [0.25, 0.3) is 0 Å². The van der Waals surface area contributed by atoms with Crippen molar-refractivity contribution in [3.8, 4) is 0 Å². The van der Waals surface area contributed by atoms with Crippen LogP contribution in [0.2, 0.25) is 0 Å². The zero-order valence-electron chi connectivity index (χ0n) is 20.0. The highest BCUT2D eigenvalue weighted by Crippen LogP contribution is 2.61. The van der Waals surface area contributed by atoms with Gasteiger partial charge in [0.1, 0.15) is 6.04 Å². The van der Waals surface area contributed by atoms with E-state index < -0.39 is 46.0 Å². The summed E-state index contributed by atoms with van der Waals surface area (Å²) in [7, 11) is 0. The number of urea groups is 1. The van der Waals surface area contributed by atoms with Crippen LogP contribution in [0.5, 0.6) is 0 Å². The molecule has 3 heterocycles. The summed E-state index contributed by atoms with van der Waals surface area (Å²) in [6.07, 6.45) is 0.196. The highest BCUT2D eigenvalue weighted by Gasteiger charge is 2.70. The standard InChI is InChI=1S/C23H27N5O7S/c1-4-26-9-10-27(19(32)18(26)31)21(35)25-16(17(24)30)12-7-5-6-8-13(12)23(20(33)34)22(2,3)36-15-11-14(29)28(15)23/h5-8,15-16H,4,9-11H2,1-3H3,(H2,24,30)(H,25,35)(H,33,34)/t15-,16?,23-/m1/s1. The Bertz CT molecular complexity index is 1190. The number of carboxylic acids is 1. The number of piperazine rings is 1. The number of thioether (sulfide) groups is 1. The quantitative estimate of drug-likeness (QED) is 0.349. The summed E-state index contributed by atoms with van der Waals surface area (Å²) in [6.45, 7) is 5.49. The number of nitrogens with two attached hydrogens (primary N) is 1. The molecule has 13 heteroatoms. The number of amides is 6. The number of β-lactam (4-membered cyclic amide) rings is 1. The van der Waals surface area contributed by atoms with E-state index in [1.807, 2.05) is 0 Å². The molecule has 12 nitrogen and oxygen atoms in total. The number of nitrogens with one attached hydrogen (secondary N) is 1. The van der Waals surface area contributed by atoms with E-state index in [0.29, 0.717) is 11.4 Å². The second-order valence-electron chi connectivity index (χ2n) is 9.28. The number of aliphatic carboxylic acids is 1. The Morgan fingerprint density at radius 1 is 1.17 bits per heavy atom. The number of imide groups is 1. The molecule has 0 aromatic heterocycles. The minimum atomic E-state index is -1.84. The SMILES string of the molecule is CCN1CCN(C(=O)NC(C(N)=O)c2ccccc2[C@]2(C(=O)O)N3C(=O)C[C@H]3SC2(C)C)C(=O)C1=O. The second kappa shape index (κ2) is 8.80. The fraction of sp³-hybridized carbons (Fsp3) is 0.478. The van der Waals surface area contributed by atoms with E-state index in [2.05, 4.69) is 5.32 Å². The summed E-state index contributed by atoms with van der Waals surface area (Å²) in [4.78, 5) is 79.2. The van der Waals surface area contributed by atoms with Gasteiger partial charge in [-0.1, -0.05) is 24.3 Å². The van der Waals surface area contributed by atoms with Gasteiger partial charge in [-0.2, -0.15) is 0 Å². The predicted molar refractivity (Wildman–Crippen MR) is 127 cm³/mol. The Morgan fingerprint density at radius 2 is 1.83 bits per heavy atom. The van der Waals surface area contributed by atoms with E-state index in [1.54, 1.807) is 32.9 Å². The first kappa shape index (κ1) is 25.5. The molecule has 0 spiro atoms. The highest BCUT2D eigenvalue weighted by molar-refractivity contribution is 8.01. The molecule has 0 bridgehead atoms. The largest absolute Gasteiger partial charge is 0.479 e. The Hall–Kier alpha value is -3.61. The number of benzene rings is 1. The fourth-order valence-corrected chi connectivity index (χ4v) is 7.04. The van der Waals surface area contributed by atoms with Crippen LogP contribution in [0.4, 0.5) is 4.79 Å². The molecule has 4 N–H and O–H groups in total. The average molecular weight is 518 g/mol. The smallest absolute Gasteiger partial charge is 0.335 e. The summed E-state index contributed by atoms with van der Waals surface area (Å²) in [5.74, 6) is -4.51. The van der Waals surface area contributed by atoms with Gasteiger partial charge in [-0.25, -0.2) is 9.59 Å². The van der Waals surface area contributed by atoms with Crippen LogP contribution in [-0.2, 0) is 29.5 Å². The average Bonchev–Trinajstić information content (AvgIpc) is 3.01. The summed E-state index contributed by atoms with van der Waals surface area (Å²) < 4.78 is -1.00. The van der Waals surface area contributed by atoms with Gasteiger partial charge in [-0.15, -0.1) is 11.8 Å². The molecule has 192 valence electrons. The molecule has 3 fully saturated rings. The van der Waals surface area contributed by atoms with Crippen LogP contribution in [0, 0.1) is 0 Å². The van der Waals surface area contributed by atoms with E-state index >= 15 is 0 Å². The van der Waals surface area contributed by atoms with Gasteiger partial charge in [0.15, 0.2) is 5.54 Å². The third-order valence-corrected chi connectivity index (χ3v) is 8.56. The molecular weight excluding hydrogens is 490 g/mol. The number of fused-ring (bicyclic) bond motifs is 1. The molecule has 1 aromatic rings. The molecule has 0 saturated carbocycles. The van der Waals surface area contributed by atoms with Crippen LogP contribution in [0.3, 0.4) is 0 Å². The Morgan fingerprint density at radius 3 is 2.42 bits per heavy atom. The zero-order valence-corrected chi connectivity index (χ0v) is 20.8. The monoisotopic (exact) mass is 517 g/mol. The normalized spacial score (nSPS) is 25.8. The van der Waals surface area contributed by atoms with Gasteiger partial charge in [0, 0.05) is 19.6 Å². The first-order chi connectivity index (χ1) is 16.9. The highest BCUT2D eigenvalue weighted by atomic mass is 32.2. The van der Waals surface area contributed by atoms with Crippen LogP contribution < -0.4 is 11.1 Å². The Kier molecular flexibility index (Phi) is 6.23. The van der Waals surface area contributed by atoms with Crippen molar-refractivity contribution in [2.75, 3.05) is 19.6 Å². The third-order valence-electron chi connectivity index (χ3n) is 7.03. The third kappa shape index (κ3) is 3.52. The molecule has 1 unspecified atom stereocenters. The van der Waals surface area contributed by atoms with Crippen molar-refractivity contribution in [1.29, 1.82) is 0 Å². The van der Waals surface area contributed by atoms with E-state index in [0.717, 1.165) is 0 Å². The van der Waals surface area contributed by atoms with Crippen molar-refractivity contribution in [2.45, 2.75) is 48.9 Å². The van der Waals surface area contributed by atoms with Crippen molar-refractivity contribution in [1.82, 2.24) is 20.0 Å². The maximum atomic E-state index is 13.0. The van der Waals surface area contributed by atoms with Gasteiger partial charge >= 0.3 is 23.8 Å². The van der Waals surface area contributed by atoms with Crippen LogP contribution in [0.15, 0.2) is 24.3 Å². The lowest BCUT2D eigenvalue weighted by atomic mass is 9.73. The van der Waals surface area contributed by atoms with Crippen molar-refractivity contribution in [2.24, 2.45) is 5.73 Å². The second-order valence-corrected chi connectivity index (χ2v) is 11.1.